The number of aliphatic hydroxyl groups excluding tert-OH is 2. The van der Waals surface area contributed by atoms with Crippen LogP contribution in [0.2, 0.25) is 0 Å². The Morgan fingerprint density at radius 2 is 2.00 bits per heavy atom. The van der Waals surface area contributed by atoms with Crippen LogP contribution in [0.3, 0.4) is 0 Å². The minimum atomic E-state index is -0.861. The smallest absolute Gasteiger partial charge is 0.231 e. The van der Waals surface area contributed by atoms with Crippen LogP contribution in [0.4, 0.5) is 0 Å². The van der Waals surface area contributed by atoms with E-state index < -0.39 is 17.7 Å². The first-order valence-electron chi connectivity index (χ1n) is 8.19. The first-order valence-corrected chi connectivity index (χ1v) is 8.19. The third-order valence-corrected chi connectivity index (χ3v) is 6.02. The van der Waals surface area contributed by atoms with Gasteiger partial charge in [-0.25, -0.2) is 0 Å². The van der Waals surface area contributed by atoms with Crippen LogP contribution in [-0.2, 0) is 11.2 Å². The molecule has 1 aliphatic carbocycles. The summed E-state index contributed by atoms with van der Waals surface area (Å²) in [7, 11) is 0. The van der Waals surface area contributed by atoms with E-state index in [4.69, 9.17) is 9.47 Å². The lowest BCUT2D eigenvalue weighted by molar-refractivity contribution is -0.134. The fourth-order valence-corrected chi connectivity index (χ4v) is 5.13. The van der Waals surface area contributed by atoms with Crippen LogP contribution in [0.15, 0.2) is 12.1 Å². The lowest BCUT2D eigenvalue weighted by Gasteiger charge is -2.39. The van der Waals surface area contributed by atoms with Gasteiger partial charge in [0.2, 0.25) is 12.7 Å². The van der Waals surface area contributed by atoms with Crippen molar-refractivity contribution in [3.63, 3.8) is 0 Å². The molecule has 6 nitrogen and oxygen atoms in total. The van der Waals surface area contributed by atoms with Gasteiger partial charge in [-0.3, -0.25) is 4.79 Å². The average molecular weight is 317 g/mol. The van der Waals surface area contributed by atoms with Gasteiger partial charge in [-0.2, -0.15) is 0 Å². The van der Waals surface area contributed by atoms with Crippen LogP contribution < -0.4 is 9.47 Å². The lowest BCUT2D eigenvalue weighted by atomic mass is 9.78. The zero-order valence-electron chi connectivity index (χ0n) is 12.7. The number of amides is 1. The maximum absolute atomic E-state index is 12.8. The molecule has 23 heavy (non-hydrogen) atoms. The third-order valence-electron chi connectivity index (χ3n) is 6.02. The fourth-order valence-electron chi connectivity index (χ4n) is 5.13. The van der Waals surface area contributed by atoms with Gasteiger partial charge in [0.05, 0.1) is 24.2 Å². The summed E-state index contributed by atoms with van der Waals surface area (Å²) in [6, 6.07) is 3.77. The van der Waals surface area contributed by atoms with Gasteiger partial charge in [-0.1, -0.05) is 0 Å². The Labute approximate surface area is 133 Å². The van der Waals surface area contributed by atoms with Gasteiger partial charge < -0.3 is 24.6 Å². The molecule has 1 spiro atoms. The summed E-state index contributed by atoms with van der Waals surface area (Å²) in [5.41, 5.74) is 1.34. The molecule has 1 saturated carbocycles. The number of fused-ring (bicyclic) bond motifs is 3. The Morgan fingerprint density at radius 1 is 1.22 bits per heavy atom. The van der Waals surface area contributed by atoms with Crippen LogP contribution in [0.25, 0.3) is 0 Å². The molecule has 6 heteroatoms. The topological polar surface area (TPSA) is 79.2 Å². The van der Waals surface area contributed by atoms with E-state index in [-0.39, 0.29) is 18.6 Å². The summed E-state index contributed by atoms with van der Waals surface area (Å²) in [6.45, 7) is 0.884. The Morgan fingerprint density at radius 3 is 2.83 bits per heavy atom. The van der Waals surface area contributed by atoms with Gasteiger partial charge >= 0.3 is 0 Å². The highest BCUT2D eigenvalue weighted by Crippen LogP contribution is 2.55. The predicted octanol–water partition coefficient (Wildman–Crippen LogP) is 0.542. The SMILES string of the molecule is O=C1Cc2cc3c(cc2[C@H]2C(O)C(O)C[C@@]24CCCN14)OCO3. The Kier molecular flexibility index (Phi) is 2.60. The zero-order chi connectivity index (χ0) is 15.8. The van der Waals surface area contributed by atoms with Crippen molar-refractivity contribution in [1.82, 2.24) is 4.90 Å². The lowest BCUT2D eigenvalue weighted by Crippen LogP contribution is -2.49. The van der Waals surface area contributed by atoms with Crippen LogP contribution in [0, 0.1) is 0 Å². The van der Waals surface area contributed by atoms with Gasteiger partial charge in [-0.05, 0) is 42.5 Å². The van der Waals surface area contributed by atoms with Crippen molar-refractivity contribution in [2.75, 3.05) is 13.3 Å². The first-order chi connectivity index (χ1) is 11.1. The van der Waals surface area contributed by atoms with Crippen LogP contribution >= 0.6 is 0 Å². The highest BCUT2D eigenvalue weighted by molar-refractivity contribution is 5.82. The van der Waals surface area contributed by atoms with E-state index in [9.17, 15) is 15.0 Å². The maximum Gasteiger partial charge on any atom is 0.231 e. The number of benzene rings is 1. The summed E-state index contributed by atoms with van der Waals surface area (Å²) >= 11 is 0. The van der Waals surface area contributed by atoms with Gasteiger partial charge in [-0.15, -0.1) is 0 Å². The molecule has 2 fully saturated rings. The van der Waals surface area contributed by atoms with E-state index in [2.05, 4.69) is 0 Å². The second kappa shape index (κ2) is 4.39. The molecule has 0 radical (unpaired) electrons. The molecule has 4 aliphatic rings. The van der Waals surface area contributed by atoms with Crippen LogP contribution in [-0.4, -0.2) is 52.1 Å². The van der Waals surface area contributed by atoms with Crippen LogP contribution in [0.1, 0.15) is 36.3 Å². The average Bonchev–Trinajstić information content (AvgIpc) is 3.17. The number of ether oxygens (including phenoxy) is 2. The minimum absolute atomic E-state index is 0.0754. The van der Waals surface area contributed by atoms with Crippen molar-refractivity contribution in [3.05, 3.63) is 23.3 Å². The normalized spacial score (nSPS) is 37.4. The standard InChI is InChI=1S/C17H19NO5/c19-11-7-17-2-1-3-18(17)14(20)5-9-4-12-13(23-8-22-12)6-10(9)15(17)16(11)21/h4,6,11,15-16,19,21H,1-3,5,7-8H2/t11?,15-,16?,17-/m0/s1. The number of hydrogen-bond donors (Lipinski definition) is 2. The first kappa shape index (κ1) is 13.6. The van der Waals surface area contributed by atoms with E-state index in [1.807, 2.05) is 17.0 Å². The summed E-state index contributed by atoms with van der Waals surface area (Å²) in [4.78, 5) is 14.7. The number of hydrogen-bond acceptors (Lipinski definition) is 5. The Balaban J connectivity index is 1.74. The van der Waals surface area contributed by atoms with Crippen molar-refractivity contribution in [2.24, 2.45) is 0 Å². The quantitative estimate of drug-likeness (QED) is 0.730. The molecule has 0 aromatic heterocycles. The Bertz CT molecular complexity index is 704. The van der Waals surface area contributed by atoms with Gasteiger partial charge in [0.25, 0.3) is 0 Å². The summed E-state index contributed by atoms with van der Waals surface area (Å²) in [5.74, 6) is 1.12. The van der Waals surface area contributed by atoms with Gasteiger partial charge in [0, 0.05) is 12.5 Å². The number of carbonyl (C=O) groups excluding carboxylic acids is 1. The molecule has 1 aromatic carbocycles. The van der Waals surface area contributed by atoms with Gasteiger partial charge in [0.1, 0.15) is 0 Å². The second-order valence-corrected chi connectivity index (χ2v) is 7.07. The maximum atomic E-state index is 12.8. The molecule has 2 N–H and O–H groups in total. The summed E-state index contributed by atoms with van der Waals surface area (Å²) in [5, 5.41) is 21.0. The highest BCUT2D eigenvalue weighted by Gasteiger charge is 2.60. The molecular formula is C17H19NO5. The second-order valence-electron chi connectivity index (χ2n) is 7.07. The van der Waals surface area contributed by atoms with E-state index in [0.29, 0.717) is 30.9 Å². The van der Waals surface area contributed by atoms with E-state index in [1.54, 1.807) is 0 Å². The minimum Gasteiger partial charge on any atom is -0.454 e. The van der Waals surface area contributed by atoms with E-state index in [0.717, 1.165) is 24.0 Å². The molecule has 1 amide bonds. The molecular weight excluding hydrogens is 298 g/mol. The zero-order valence-corrected chi connectivity index (χ0v) is 12.7. The Hall–Kier alpha value is -1.79. The third kappa shape index (κ3) is 1.63. The number of carbonyl (C=O) groups is 1. The summed E-state index contributed by atoms with van der Waals surface area (Å²) in [6.07, 6.45) is 0.837. The van der Waals surface area contributed by atoms with Gasteiger partial charge in [0.15, 0.2) is 11.5 Å². The van der Waals surface area contributed by atoms with Crippen molar-refractivity contribution in [1.29, 1.82) is 0 Å². The monoisotopic (exact) mass is 317 g/mol. The largest absolute Gasteiger partial charge is 0.454 e. The molecule has 1 saturated heterocycles. The molecule has 4 atom stereocenters. The molecule has 3 heterocycles. The van der Waals surface area contributed by atoms with Crippen LogP contribution in [0.5, 0.6) is 11.5 Å². The van der Waals surface area contributed by atoms with Crippen molar-refractivity contribution >= 4 is 5.91 Å². The number of aliphatic hydroxyl groups is 2. The molecule has 3 aliphatic heterocycles. The van der Waals surface area contributed by atoms with E-state index >= 15 is 0 Å². The number of rotatable bonds is 0. The number of nitrogens with zero attached hydrogens (tertiary/aromatic N) is 1. The van der Waals surface area contributed by atoms with Crippen molar-refractivity contribution in [2.45, 2.75) is 49.3 Å². The molecule has 1 aromatic rings. The predicted molar refractivity (Wildman–Crippen MR) is 79.3 cm³/mol. The van der Waals surface area contributed by atoms with Crippen molar-refractivity contribution < 1.29 is 24.5 Å². The molecule has 2 unspecified atom stereocenters. The van der Waals surface area contributed by atoms with Crippen molar-refractivity contribution in [3.8, 4) is 11.5 Å². The highest BCUT2D eigenvalue weighted by atomic mass is 16.7. The molecule has 122 valence electrons. The summed E-state index contributed by atoms with van der Waals surface area (Å²) < 4.78 is 10.9. The van der Waals surface area contributed by atoms with E-state index in [1.165, 1.54) is 0 Å². The fraction of sp³-hybridized carbons (Fsp3) is 0.588. The molecule has 5 rings (SSSR count). The molecule has 0 bridgehead atoms.